The predicted octanol–water partition coefficient (Wildman–Crippen LogP) is 5.19. The molecule has 0 bridgehead atoms. The van der Waals surface area contributed by atoms with Crippen LogP contribution in [0.4, 0.5) is 14.5 Å². The Kier molecular flexibility index (Phi) is 5.21. The molecular weight excluding hydrogens is 338 g/mol. The van der Waals surface area contributed by atoms with Crippen LogP contribution in [-0.2, 0) is 0 Å². The summed E-state index contributed by atoms with van der Waals surface area (Å²) in [5.74, 6) is -1.48. The molecule has 0 atom stereocenters. The molecule has 0 fully saturated rings. The second kappa shape index (κ2) is 7.56. The summed E-state index contributed by atoms with van der Waals surface area (Å²) in [6.07, 6.45) is 3.53. The first-order chi connectivity index (χ1) is 12.5. The van der Waals surface area contributed by atoms with Crippen LogP contribution < -0.4 is 10.1 Å². The number of benzene rings is 2. The SMILES string of the molecule is CCCCOc1ccc(C(=O)Nc2c[nH]c3cc(F)c(F)cc23)cc1C. The molecule has 1 heterocycles. The summed E-state index contributed by atoms with van der Waals surface area (Å²) < 4.78 is 32.4. The molecule has 6 heteroatoms. The summed E-state index contributed by atoms with van der Waals surface area (Å²) in [4.78, 5) is 15.3. The molecule has 0 aliphatic carbocycles. The molecule has 3 aromatic rings. The van der Waals surface area contributed by atoms with E-state index in [1.54, 1.807) is 18.2 Å². The minimum absolute atomic E-state index is 0.334. The van der Waals surface area contributed by atoms with E-state index in [-0.39, 0.29) is 5.91 Å². The molecule has 2 N–H and O–H groups in total. The number of hydrogen-bond acceptors (Lipinski definition) is 2. The Morgan fingerprint density at radius 2 is 1.96 bits per heavy atom. The standard InChI is InChI=1S/C20H20F2N2O2/c1-3-4-7-26-19-6-5-13(8-12(19)2)20(25)24-18-11-23-17-10-16(22)15(21)9-14(17)18/h5-6,8-11,23H,3-4,7H2,1-2H3,(H,24,25). The van der Waals surface area contributed by atoms with Crippen molar-refractivity contribution in [2.45, 2.75) is 26.7 Å². The number of aromatic nitrogens is 1. The Bertz CT molecular complexity index is 950. The zero-order valence-corrected chi connectivity index (χ0v) is 14.7. The van der Waals surface area contributed by atoms with Crippen LogP contribution in [0, 0.1) is 18.6 Å². The van der Waals surface area contributed by atoms with Crippen molar-refractivity contribution >= 4 is 22.5 Å². The maximum absolute atomic E-state index is 13.5. The van der Waals surface area contributed by atoms with Gasteiger partial charge in [0.15, 0.2) is 11.6 Å². The van der Waals surface area contributed by atoms with Crippen molar-refractivity contribution in [1.82, 2.24) is 4.98 Å². The lowest BCUT2D eigenvalue weighted by Crippen LogP contribution is -2.12. The van der Waals surface area contributed by atoms with Crippen LogP contribution in [-0.4, -0.2) is 17.5 Å². The fraction of sp³-hybridized carbons (Fsp3) is 0.250. The van der Waals surface area contributed by atoms with Gasteiger partial charge >= 0.3 is 0 Å². The highest BCUT2D eigenvalue weighted by Crippen LogP contribution is 2.26. The third kappa shape index (κ3) is 3.69. The number of halogens is 2. The fourth-order valence-electron chi connectivity index (χ4n) is 2.69. The van der Waals surface area contributed by atoms with Crippen LogP contribution in [0.5, 0.6) is 5.75 Å². The number of hydrogen-bond donors (Lipinski definition) is 2. The number of H-pyrrole nitrogens is 1. The van der Waals surface area contributed by atoms with Gasteiger partial charge in [0, 0.05) is 23.2 Å². The number of carbonyl (C=O) groups excluding carboxylic acids is 1. The van der Waals surface area contributed by atoms with Crippen LogP contribution in [0.15, 0.2) is 36.5 Å². The minimum atomic E-state index is -0.961. The topological polar surface area (TPSA) is 54.1 Å². The van der Waals surface area contributed by atoms with Crippen molar-refractivity contribution < 1.29 is 18.3 Å². The molecule has 0 aliphatic rings. The van der Waals surface area contributed by atoms with E-state index < -0.39 is 11.6 Å². The number of nitrogens with one attached hydrogen (secondary N) is 2. The van der Waals surface area contributed by atoms with E-state index in [0.717, 1.165) is 36.3 Å². The molecule has 0 spiro atoms. The van der Waals surface area contributed by atoms with Crippen LogP contribution in [0.25, 0.3) is 10.9 Å². The molecule has 0 saturated heterocycles. The van der Waals surface area contributed by atoms with Gasteiger partial charge in [0.25, 0.3) is 5.91 Å². The maximum Gasteiger partial charge on any atom is 0.255 e. The number of carbonyl (C=O) groups is 1. The van der Waals surface area contributed by atoms with Crippen molar-refractivity contribution in [1.29, 1.82) is 0 Å². The summed E-state index contributed by atoms with van der Waals surface area (Å²) in [5.41, 5.74) is 2.13. The molecule has 1 aromatic heterocycles. The number of fused-ring (bicyclic) bond motifs is 1. The number of anilines is 1. The Balaban J connectivity index is 1.78. The van der Waals surface area contributed by atoms with Crippen molar-refractivity contribution in [3.63, 3.8) is 0 Å². The Morgan fingerprint density at radius 3 is 2.69 bits per heavy atom. The normalized spacial score (nSPS) is 10.9. The lowest BCUT2D eigenvalue weighted by Gasteiger charge is -2.10. The molecular formula is C20H20F2N2O2. The highest BCUT2D eigenvalue weighted by molar-refractivity contribution is 6.09. The van der Waals surface area contributed by atoms with Gasteiger partial charge in [-0.15, -0.1) is 0 Å². The summed E-state index contributed by atoms with van der Waals surface area (Å²) in [5, 5.41) is 3.14. The van der Waals surface area contributed by atoms with E-state index in [0.29, 0.717) is 28.8 Å². The highest BCUT2D eigenvalue weighted by atomic mass is 19.2. The summed E-state index contributed by atoms with van der Waals surface area (Å²) in [6, 6.07) is 7.31. The molecule has 0 aliphatic heterocycles. The van der Waals surface area contributed by atoms with Crippen LogP contribution in [0.1, 0.15) is 35.7 Å². The van der Waals surface area contributed by atoms with Crippen LogP contribution in [0.3, 0.4) is 0 Å². The van der Waals surface area contributed by atoms with Crippen LogP contribution in [0.2, 0.25) is 0 Å². The average Bonchev–Trinajstić information content (AvgIpc) is 2.98. The van der Waals surface area contributed by atoms with Crippen molar-refractivity contribution in [2.24, 2.45) is 0 Å². The second-order valence-corrected chi connectivity index (χ2v) is 6.15. The fourth-order valence-corrected chi connectivity index (χ4v) is 2.69. The molecule has 0 unspecified atom stereocenters. The first-order valence-corrected chi connectivity index (χ1v) is 8.50. The lowest BCUT2D eigenvalue weighted by atomic mass is 10.1. The van der Waals surface area contributed by atoms with Gasteiger partial charge in [-0.25, -0.2) is 8.78 Å². The molecule has 1 amide bonds. The zero-order chi connectivity index (χ0) is 18.7. The quantitative estimate of drug-likeness (QED) is 0.596. The molecule has 3 rings (SSSR count). The van der Waals surface area contributed by atoms with Gasteiger partial charge in [0.1, 0.15) is 5.75 Å². The predicted molar refractivity (Wildman–Crippen MR) is 97.7 cm³/mol. The van der Waals surface area contributed by atoms with Gasteiger partial charge in [0.05, 0.1) is 17.8 Å². The summed E-state index contributed by atoms with van der Waals surface area (Å²) >= 11 is 0. The number of aromatic amines is 1. The summed E-state index contributed by atoms with van der Waals surface area (Å²) in [6.45, 7) is 4.61. The molecule has 2 aromatic carbocycles. The van der Waals surface area contributed by atoms with Gasteiger partial charge < -0.3 is 15.0 Å². The van der Waals surface area contributed by atoms with Gasteiger partial charge in [-0.1, -0.05) is 13.3 Å². The third-order valence-electron chi connectivity index (χ3n) is 4.16. The third-order valence-corrected chi connectivity index (χ3v) is 4.16. The number of unbranched alkanes of at least 4 members (excludes halogenated alkanes) is 1. The van der Waals surface area contributed by atoms with Crippen molar-refractivity contribution in [3.8, 4) is 5.75 Å². The zero-order valence-electron chi connectivity index (χ0n) is 14.7. The van der Waals surface area contributed by atoms with Crippen molar-refractivity contribution in [3.05, 3.63) is 59.3 Å². The number of aryl methyl sites for hydroxylation is 1. The minimum Gasteiger partial charge on any atom is -0.493 e. The molecule has 4 nitrogen and oxygen atoms in total. The Hall–Kier alpha value is -2.89. The van der Waals surface area contributed by atoms with Crippen molar-refractivity contribution in [2.75, 3.05) is 11.9 Å². The van der Waals surface area contributed by atoms with E-state index in [1.807, 2.05) is 6.92 Å². The Labute approximate surface area is 150 Å². The van der Waals surface area contributed by atoms with Gasteiger partial charge in [-0.3, -0.25) is 4.79 Å². The second-order valence-electron chi connectivity index (χ2n) is 6.15. The first kappa shape index (κ1) is 17.9. The van der Waals surface area contributed by atoms with E-state index in [2.05, 4.69) is 17.2 Å². The number of rotatable bonds is 6. The monoisotopic (exact) mass is 358 g/mol. The van der Waals surface area contributed by atoms with Gasteiger partial charge in [-0.05, 0) is 43.2 Å². The Morgan fingerprint density at radius 1 is 1.19 bits per heavy atom. The van der Waals surface area contributed by atoms with E-state index in [9.17, 15) is 13.6 Å². The molecule has 0 saturated carbocycles. The number of ether oxygens (including phenoxy) is 1. The first-order valence-electron chi connectivity index (χ1n) is 8.50. The van der Waals surface area contributed by atoms with E-state index in [4.69, 9.17) is 4.74 Å². The van der Waals surface area contributed by atoms with Gasteiger partial charge in [-0.2, -0.15) is 0 Å². The molecule has 26 heavy (non-hydrogen) atoms. The maximum atomic E-state index is 13.5. The largest absolute Gasteiger partial charge is 0.493 e. The number of amides is 1. The van der Waals surface area contributed by atoms with Crippen LogP contribution >= 0.6 is 0 Å². The smallest absolute Gasteiger partial charge is 0.255 e. The van der Waals surface area contributed by atoms with E-state index in [1.165, 1.54) is 6.20 Å². The molecule has 0 radical (unpaired) electrons. The molecule has 136 valence electrons. The summed E-state index contributed by atoms with van der Waals surface area (Å²) in [7, 11) is 0. The lowest BCUT2D eigenvalue weighted by molar-refractivity contribution is 0.102. The van der Waals surface area contributed by atoms with E-state index >= 15 is 0 Å². The highest BCUT2D eigenvalue weighted by Gasteiger charge is 2.13. The van der Waals surface area contributed by atoms with Gasteiger partial charge in [0.2, 0.25) is 0 Å². The average molecular weight is 358 g/mol.